The average molecular weight is 278 g/mol. The number of amides is 2. The molecule has 1 aliphatic rings. The van der Waals surface area contributed by atoms with E-state index in [1.54, 1.807) is 17.0 Å². The van der Waals surface area contributed by atoms with Gasteiger partial charge in [-0.2, -0.15) is 0 Å². The molecule has 20 heavy (non-hydrogen) atoms. The number of carboxylic acid groups (broad SMARTS) is 1. The van der Waals surface area contributed by atoms with E-state index in [4.69, 9.17) is 10.8 Å². The minimum atomic E-state index is -1.12. The molecule has 1 saturated heterocycles. The predicted octanol–water partition coefficient (Wildman–Crippen LogP) is -1.09. The first kappa shape index (κ1) is 13.8. The number of rotatable bonds is 4. The van der Waals surface area contributed by atoms with Crippen molar-refractivity contribution < 1.29 is 19.5 Å². The van der Waals surface area contributed by atoms with Gasteiger partial charge in [0, 0.05) is 13.1 Å². The second-order valence-electron chi connectivity index (χ2n) is 4.39. The van der Waals surface area contributed by atoms with Crippen LogP contribution < -0.4 is 10.6 Å². The Balaban J connectivity index is 2.09. The molecule has 106 valence electrons. The first-order valence-electron chi connectivity index (χ1n) is 5.99. The summed E-state index contributed by atoms with van der Waals surface area (Å²) in [6, 6.07) is 4.60. The number of carboxylic acids is 1. The molecule has 0 saturated carbocycles. The Hall–Kier alpha value is -2.64. The third-order valence-electron chi connectivity index (χ3n) is 2.94. The lowest BCUT2D eigenvalue weighted by molar-refractivity contribution is -0.135. The van der Waals surface area contributed by atoms with Crippen molar-refractivity contribution in [1.82, 2.24) is 9.88 Å². The lowest BCUT2D eigenvalue weighted by Gasteiger charge is -2.34. The Kier molecular flexibility index (Phi) is 3.83. The Morgan fingerprint density at radius 3 is 2.70 bits per heavy atom. The third kappa shape index (κ3) is 3.02. The molecule has 0 aliphatic carbocycles. The first-order valence-corrected chi connectivity index (χ1v) is 5.99. The molecule has 0 unspecified atom stereocenters. The number of anilines is 1. The van der Waals surface area contributed by atoms with Crippen LogP contribution in [0.15, 0.2) is 18.2 Å². The molecule has 0 bridgehead atoms. The molecule has 0 atom stereocenters. The zero-order valence-electron chi connectivity index (χ0n) is 10.7. The second-order valence-corrected chi connectivity index (χ2v) is 4.39. The monoisotopic (exact) mass is 278 g/mol. The number of hydrogen-bond donors (Lipinski definition) is 2. The van der Waals surface area contributed by atoms with Crippen LogP contribution in [-0.4, -0.2) is 59.0 Å². The molecule has 1 aliphatic heterocycles. The maximum Gasteiger partial charge on any atom is 0.354 e. The molecule has 0 aromatic carbocycles. The SMILES string of the molecule is NC(=O)CN1CCN(c2cccc(C(=O)O)n2)CC1=O. The van der Waals surface area contributed by atoms with Crippen molar-refractivity contribution in [3.63, 3.8) is 0 Å². The Bertz CT molecular complexity index is 560. The Morgan fingerprint density at radius 1 is 1.35 bits per heavy atom. The van der Waals surface area contributed by atoms with Crippen LogP contribution in [-0.2, 0) is 9.59 Å². The van der Waals surface area contributed by atoms with Gasteiger partial charge in [0.05, 0.1) is 13.1 Å². The smallest absolute Gasteiger partial charge is 0.354 e. The molecule has 1 aromatic rings. The van der Waals surface area contributed by atoms with E-state index < -0.39 is 11.9 Å². The number of pyridine rings is 1. The summed E-state index contributed by atoms with van der Waals surface area (Å²) in [4.78, 5) is 40.6. The van der Waals surface area contributed by atoms with Crippen LogP contribution in [0.2, 0.25) is 0 Å². The van der Waals surface area contributed by atoms with Crippen molar-refractivity contribution in [2.45, 2.75) is 0 Å². The fourth-order valence-corrected chi connectivity index (χ4v) is 1.98. The fraction of sp³-hybridized carbons (Fsp3) is 0.333. The molecule has 1 aromatic heterocycles. The zero-order chi connectivity index (χ0) is 14.7. The van der Waals surface area contributed by atoms with Crippen molar-refractivity contribution >= 4 is 23.6 Å². The van der Waals surface area contributed by atoms with E-state index in [9.17, 15) is 14.4 Å². The molecular weight excluding hydrogens is 264 g/mol. The summed E-state index contributed by atoms with van der Waals surface area (Å²) in [5.74, 6) is -1.49. The lowest BCUT2D eigenvalue weighted by Crippen LogP contribution is -2.52. The van der Waals surface area contributed by atoms with E-state index in [1.165, 1.54) is 11.0 Å². The predicted molar refractivity (Wildman–Crippen MR) is 69.2 cm³/mol. The fourth-order valence-electron chi connectivity index (χ4n) is 1.98. The van der Waals surface area contributed by atoms with Gasteiger partial charge >= 0.3 is 5.97 Å². The number of carbonyl (C=O) groups excluding carboxylic acids is 2. The van der Waals surface area contributed by atoms with E-state index in [0.717, 1.165) is 0 Å². The van der Waals surface area contributed by atoms with Gasteiger partial charge in [0.1, 0.15) is 5.82 Å². The number of hydrogen-bond acceptors (Lipinski definition) is 5. The van der Waals surface area contributed by atoms with Gasteiger partial charge in [0.2, 0.25) is 11.8 Å². The molecule has 8 heteroatoms. The number of primary amides is 1. The minimum absolute atomic E-state index is 0.0450. The summed E-state index contributed by atoms with van der Waals surface area (Å²) in [6.45, 7) is 0.758. The zero-order valence-corrected chi connectivity index (χ0v) is 10.7. The summed E-state index contributed by atoms with van der Waals surface area (Å²) in [7, 11) is 0. The van der Waals surface area contributed by atoms with E-state index in [0.29, 0.717) is 18.9 Å². The topological polar surface area (TPSA) is 117 Å². The summed E-state index contributed by atoms with van der Waals surface area (Å²) < 4.78 is 0. The third-order valence-corrected chi connectivity index (χ3v) is 2.94. The quantitative estimate of drug-likeness (QED) is 0.723. The van der Waals surface area contributed by atoms with Gasteiger partial charge in [-0.15, -0.1) is 0 Å². The van der Waals surface area contributed by atoms with Gasteiger partial charge in [0.15, 0.2) is 5.69 Å². The second kappa shape index (κ2) is 5.55. The lowest BCUT2D eigenvalue weighted by atomic mass is 10.2. The highest BCUT2D eigenvalue weighted by atomic mass is 16.4. The molecule has 0 spiro atoms. The minimum Gasteiger partial charge on any atom is -0.477 e. The summed E-state index contributed by atoms with van der Waals surface area (Å²) >= 11 is 0. The van der Waals surface area contributed by atoms with Gasteiger partial charge in [-0.3, -0.25) is 9.59 Å². The number of aromatic nitrogens is 1. The van der Waals surface area contributed by atoms with Crippen LogP contribution in [0.1, 0.15) is 10.5 Å². The number of nitrogens with zero attached hydrogens (tertiary/aromatic N) is 3. The molecule has 2 rings (SSSR count). The van der Waals surface area contributed by atoms with Gasteiger partial charge < -0.3 is 20.6 Å². The van der Waals surface area contributed by atoms with Crippen LogP contribution in [0.5, 0.6) is 0 Å². The molecule has 3 N–H and O–H groups in total. The Morgan fingerprint density at radius 2 is 2.10 bits per heavy atom. The maximum absolute atomic E-state index is 11.9. The number of nitrogens with two attached hydrogens (primary N) is 1. The number of aromatic carboxylic acids is 1. The standard InChI is InChI=1S/C12H14N4O4/c13-9(17)6-16-5-4-15(7-11(16)18)10-3-1-2-8(14-10)12(19)20/h1-3H,4-7H2,(H2,13,17)(H,19,20). The van der Waals surface area contributed by atoms with E-state index in [2.05, 4.69) is 4.98 Å². The van der Waals surface area contributed by atoms with Crippen LogP contribution >= 0.6 is 0 Å². The van der Waals surface area contributed by atoms with Gasteiger partial charge in [-0.05, 0) is 12.1 Å². The molecular formula is C12H14N4O4. The highest BCUT2D eigenvalue weighted by molar-refractivity contribution is 5.88. The number of carbonyl (C=O) groups is 3. The first-order chi connectivity index (χ1) is 9.47. The average Bonchev–Trinajstić information content (AvgIpc) is 2.40. The van der Waals surface area contributed by atoms with E-state index in [-0.39, 0.29) is 24.7 Å². The maximum atomic E-state index is 11.9. The van der Waals surface area contributed by atoms with Crippen LogP contribution in [0.3, 0.4) is 0 Å². The van der Waals surface area contributed by atoms with Gasteiger partial charge in [-0.25, -0.2) is 9.78 Å². The summed E-state index contributed by atoms with van der Waals surface area (Å²) in [6.07, 6.45) is 0. The summed E-state index contributed by atoms with van der Waals surface area (Å²) in [5.41, 5.74) is 4.99. The summed E-state index contributed by atoms with van der Waals surface area (Å²) in [5, 5.41) is 8.89. The van der Waals surface area contributed by atoms with Crippen molar-refractivity contribution in [2.75, 3.05) is 31.1 Å². The number of piperazine rings is 1. The molecule has 2 amide bonds. The van der Waals surface area contributed by atoms with Crippen molar-refractivity contribution in [2.24, 2.45) is 5.73 Å². The van der Waals surface area contributed by atoms with E-state index in [1.807, 2.05) is 0 Å². The van der Waals surface area contributed by atoms with Gasteiger partial charge in [-0.1, -0.05) is 6.07 Å². The van der Waals surface area contributed by atoms with Gasteiger partial charge in [0.25, 0.3) is 0 Å². The normalized spacial score (nSPS) is 15.3. The van der Waals surface area contributed by atoms with Crippen LogP contribution in [0, 0.1) is 0 Å². The van der Waals surface area contributed by atoms with Crippen LogP contribution in [0.4, 0.5) is 5.82 Å². The van der Waals surface area contributed by atoms with Crippen LogP contribution in [0.25, 0.3) is 0 Å². The highest BCUT2D eigenvalue weighted by Crippen LogP contribution is 2.14. The molecule has 2 heterocycles. The Labute approximate surface area is 114 Å². The van der Waals surface area contributed by atoms with Crippen molar-refractivity contribution in [3.8, 4) is 0 Å². The van der Waals surface area contributed by atoms with Crippen molar-refractivity contribution in [3.05, 3.63) is 23.9 Å². The van der Waals surface area contributed by atoms with E-state index >= 15 is 0 Å². The molecule has 0 radical (unpaired) electrons. The largest absolute Gasteiger partial charge is 0.477 e. The molecule has 1 fully saturated rings. The molecule has 8 nitrogen and oxygen atoms in total. The van der Waals surface area contributed by atoms with Crippen molar-refractivity contribution in [1.29, 1.82) is 0 Å². The highest BCUT2D eigenvalue weighted by Gasteiger charge is 2.25.